The lowest BCUT2D eigenvalue weighted by molar-refractivity contribution is 0.141. The fourth-order valence-corrected chi connectivity index (χ4v) is 0.908. The molecule has 1 heterocycles. The minimum Gasteiger partial charge on any atom is -0.495 e. The fourth-order valence-electron chi connectivity index (χ4n) is 0.908. The Kier molecular flexibility index (Phi) is 3.11. The molecule has 0 radical (unpaired) electrons. The van der Waals surface area contributed by atoms with Crippen LogP contribution in [0.3, 0.4) is 0 Å². The third kappa shape index (κ3) is 2.11. The molecular weight excluding hydrogens is 183 g/mol. The molecule has 1 aromatic rings. The van der Waals surface area contributed by atoms with Crippen molar-refractivity contribution in [3.8, 4) is 5.75 Å². The van der Waals surface area contributed by atoms with Crippen LogP contribution in [0.1, 0.15) is 17.8 Å². The summed E-state index contributed by atoms with van der Waals surface area (Å²) in [5.74, 6) is -0.0211. The number of nitrogens with zero attached hydrogens (tertiary/aromatic N) is 1. The first-order chi connectivity index (χ1) is 6.19. The van der Waals surface area contributed by atoms with Crippen molar-refractivity contribution >= 4 is 0 Å². The van der Waals surface area contributed by atoms with Crippen LogP contribution >= 0.6 is 0 Å². The fraction of sp³-hybridized carbons (Fsp3) is 0.375. The number of methoxy groups -OCH3 is 1. The molecule has 13 heavy (non-hydrogen) atoms. The quantitative estimate of drug-likeness (QED) is 0.732. The van der Waals surface area contributed by atoms with Gasteiger partial charge in [0.05, 0.1) is 12.8 Å². The van der Waals surface area contributed by atoms with Gasteiger partial charge in [-0.3, -0.25) is 0 Å². The van der Waals surface area contributed by atoms with Gasteiger partial charge in [-0.05, 0) is 12.1 Å². The zero-order chi connectivity index (χ0) is 9.84. The lowest BCUT2D eigenvalue weighted by Crippen LogP contribution is -1.98. The summed E-state index contributed by atoms with van der Waals surface area (Å²) in [6.07, 6.45) is -2.75. The van der Waals surface area contributed by atoms with Crippen LogP contribution in [0, 0.1) is 0 Å². The third-order valence-electron chi connectivity index (χ3n) is 1.51. The number of halogens is 3. The topological polar surface area (TPSA) is 22.1 Å². The van der Waals surface area contributed by atoms with Crippen LogP contribution in [-0.4, -0.2) is 12.1 Å². The number of hydrogen-bond acceptors (Lipinski definition) is 2. The van der Waals surface area contributed by atoms with Gasteiger partial charge in [0.15, 0.2) is 0 Å². The van der Waals surface area contributed by atoms with E-state index in [1.165, 1.54) is 19.2 Å². The van der Waals surface area contributed by atoms with E-state index in [-0.39, 0.29) is 11.4 Å². The van der Waals surface area contributed by atoms with E-state index < -0.39 is 18.8 Å². The van der Waals surface area contributed by atoms with Gasteiger partial charge in [0.2, 0.25) is 0 Å². The van der Waals surface area contributed by atoms with Gasteiger partial charge in [0, 0.05) is 0 Å². The number of ether oxygens (including phenoxy) is 1. The highest BCUT2D eigenvalue weighted by Gasteiger charge is 2.16. The van der Waals surface area contributed by atoms with E-state index in [4.69, 9.17) is 0 Å². The molecular formula is C8H8F3NO. The third-order valence-corrected chi connectivity index (χ3v) is 1.51. The average Bonchev–Trinajstić information content (AvgIpc) is 2.16. The number of rotatable bonds is 3. The molecule has 72 valence electrons. The van der Waals surface area contributed by atoms with Crippen LogP contribution in [0.15, 0.2) is 12.1 Å². The highest BCUT2D eigenvalue weighted by Crippen LogP contribution is 2.26. The van der Waals surface area contributed by atoms with Gasteiger partial charge >= 0.3 is 0 Å². The molecule has 0 aromatic carbocycles. The maximum atomic E-state index is 12.3. The molecule has 0 fully saturated rings. The van der Waals surface area contributed by atoms with Gasteiger partial charge < -0.3 is 4.74 Å². The Morgan fingerprint density at radius 3 is 2.62 bits per heavy atom. The molecule has 0 bridgehead atoms. The molecule has 1 aromatic heterocycles. The average molecular weight is 191 g/mol. The van der Waals surface area contributed by atoms with Crippen LogP contribution in [0.5, 0.6) is 5.75 Å². The summed E-state index contributed by atoms with van der Waals surface area (Å²) < 4.78 is 41.2. The minimum atomic E-state index is -2.75. The van der Waals surface area contributed by atoms with Crippen molar-refractivity contribution in [3.63, 3.8) is 0 Å². The van der Waals surface area contributed by atoms with Gasteiger partial charge in [-0.2, -0.15) is 0 Å². The molecule has 0 N–H and O–H groups in total. The summed E-state index contributed by atoms with van der Waals surface area (Å²) in [5.41, 5.74) is -0.534. The maximum absolute atomic E-state index is 12.3. The molecule has 0 saturated carbocycles. The zero-order valence-corrected chi connectivity index (χ0v) is 6.93. The van der Waals surface area contributed by atoms with E-state index in [9.17, 15) is 13.2 Å². The van der Waals surface area contributed by atoms with E-state index in [0.29, 0.717) is 0 Å². The number of pyridine rings is 1. The molecule has 0 saturated heterocycles. The van der Waals surface area contributed by atoms with Crippen molar-refractivity contribution in [2.45, 2.75) is 13.1 Å². The normalized spacial score (nSPS) is 10.5. The Bertz CT molecular complexity index is 291. The van der Waals surface area contributed by atoms with Gasteiger partial charge in [0.25, 0.3) is 6.43 Å². The Hall–Kier alpha value is -1.26. The Labute approximate surface area is 73.4 Å². The van der Waals surface area contributed by atoms with Gasteiger partial charge in [0.1, 0.15) is 18.1 Å². The molecule has 0 spiro atoms. The predicted octanol–water partition coefficient (Wildman–Crippen LogP) is 2.50. The van der Waals surface area contributed by atoms with E-state index in [2.05, 4.69) is 9.72 Å². The SMILES string of the molecule is COc1ccc(CF)nc1C(F)F. The smallest absolute Gasteiger partial charge is 0.284 e. The number of alkyl halides is 3. The summed E-state index contributed by atoms with van der Waals surface area (Å²) in [5, 5.41) is 0. The molecule has 0 amide bonds. The van der Waals surface area contributed by atoms with Gasteiger partial charge in [-0.1, -0.05) is 0 Å². The van der Waals surface area contributed by atoms with Crippen molar-refractivity contribution in [2.75, 3.05) is 7.11 Å². The van der Waals surface area contributed by atoms with Crippen LogP contribution < -0.4 is 4.74 Å². The van der Waals surface area contributed by atoms with Crippen molar-refractivity contribution in [1.29, 1.82) is 0 Å². The Balaban J connectivity index is 3.10. The van der Waals surface area contributed by atoms with Gasteiger partial charge in [-0.15, -0.1) is 0 Å². The second kappa shape index (κ2) is 4.11. The highest BCUT2D eigenvalue weighted by atomic mass is 19.3. The number of aromatic nitrogens is 1. The minimum absolute atomic E-state index is 0.0175. The first-order valence-corrected chi connectivity index (χ1v) is 3.57. The summed E-state index contributed by atoms with van der Waals surface area (Å²) >= 11 is 0. The first kappa shape index (κ1) is 9.83. The number of hydrogen-bond donors (Lipinski definition) is 0. The molecule has 0 unspecified atom stereocenters. The largest absolute Gasteiger partial charge is 0.495 e. The lowest BCUT2D eigenvalue weighted by Gasteiger charge is -2.06. The predicted molar refractivity (Wildman–Crippen MR) is 40.6 cm³/mol. The lowest BCUT2D eigenvalue weighted by atomic mass is 10.3. The van der Waals surface area contributed by atoms with Crippen molar-refractivity contribution in [1.82, 2.24) is 4.98 Å². The van der Waals surface area contributed by atoms with Gasteiger partial charge in [-0.25, -0.2) is 18.2 Å². The van der Waals surface area contributed by atoms with Crippen molar-refractivity contribution in [2.24, 2.45) is 0 Å². The van der Waals surface area contributed by atoms with E-state index in [0.717, 1.165) is 0 Å². The summed E-state index contributed by atoms with van der Waals surface area (Å²) in [6, 6.07) is 2.59. The maximum Gasteiger partial charge on any atom is 0.284 e. The second-order valence-electron chi connectivity index (χ2n) is 2.32. The molecule has 0 atom stereocenters. The van der Waals surface area contributed by atoms with Crippen molar-refractivity contribution in [3.05, 3.63) is 23.5 Å². The second-order valence-corrected chi connectivity index (χ2v) is 2.32. The Morgan fingerprint density at radius 1 is 1.46 bits per heavy atom. The standard InChI is InChI=1S/C8H8F3NO/c1-13-6-3-2-5(4-9)12-7(6)8(10)11/h2-3,8H,4H2,1H3. The highest BCUT2D eigenvalue weighted by molar-refractivity contribution is 5.30. The molecule has 0 aliphatic carbocycles. The molecule has 5 heteroatoms. The monoisotopic (exact) mass is 191 g/mol. The molecule has 0 aliphatic rings. The molecule has 0 aliphatic heterocycles. The van der Waals surface area contributed by atoms with Crippen LogP contribution in [0.2, 0.25) is 0 Å². The van der Waals surface area contributed by atoms with Crippen LogP contribution in [0.25, 0.3) is 0 Å². The van der Waals surface area contributed by atoms with E-state index in [1.54, 1.807) is 0 Å². The Morgan fingerprint density at radius 2 is 2.15 bits per heavy atom. The zero-order valence-electron chi connectivity index (χ0n) is 6.93. The van der Waals surface area contributed by atoms with E-state index >= 15 is 0 Å². The van der Waals surface area contributed by atoms with Crippen molar-refractivity contribution < 1.29 is 17.9 Å². The first-order valence-electron chi connectivity index (χ1n) is 3.57. The summed E-state index contributed by atoms with van der Waals surface area (Å²) in [7, 11) is 1.26. The molecule has 2 nitrogen and oxygen atoms in total. The summed E-state index contributed by atoms with van der Waals surface area (Å²) in [6.45, 7) is -0.857. The summed E-state index contributed by atoms with van der Waals surface area (Å²) in [4.78, 5) is 3.41. The van der Waals surface area contributed by atoms with Crippen LogP contribution in [0.4, 0.5) is 13.2 Å². The van der Waals surface area contributed by atoms with Crippen LogP contribution in [-0.2, 0) is 6.67 Å². The molecule has 1 rings (SSSR count). The van der Waals surface area contributed by atoms with E-state index in [1.807, 2.05) is 0 Å².